The van der Waals surface area contributed by atoms with Gasteiger partial charge in [-0.25, -0.2) is 0 Å². The number of imide groups is 1. The predicted molar refractivity (Wildman–Crippen MR) is 139 cm³/mol. The van der Waals surface area contributed by atoms with Crippen LogP contribution in [0.4, 0.5) is 10.5 Å². The maximum Gasteiger partial charge on any atom is 0.294 e. The summed E-state index contributed by atoms with van der Waals surface area (Å²) in [5.41, 5.74) is 4.23. The third-order valence-electron chi connectivity index (χ3n) is 5.51. The van der Waals surface area contributed by atoms with Crippen molar-refractivity contribution in [3.63, 3.8) is 0 Å². The molecule has 3 aromatic rings. The van der Waals surface area contributed by atoms with E-state index in [1.54, 1.807) is 30.3 Å². The van der Waals surface area contributed by atoms with Crippen molar-refractivity contribution in [1.29, 1.82) is 0 Å². The highest BCUT2D eigenvalue weighted by molar-refractivity contribution is 8.18. The molecule has 0 atom stereocenters. The fourth-order valence-corrected chi connectivity index (χ4v) is 4.46. The molecule has 8 heteroatoms. The number of thioether (sulfide) groups is 1. The third-order valence-corrected chi connectivity index (χ3v) is 6.79. The predicted octanol–water partition coefficient (Wildman–Crippen LogP) is 6.21. The quantitative estimate of drug-likeness (QED) is 0.385. The first-order valence-electron chi connectivity index (χ1n) is 10.9. The highest BCUT2D eigenvalue weighted by atomic mass is 35.5. The van der Waals surface area contributed by atoms with Crippen molar-refractivity contribution in [3.8, 4) is 5.75 Å². The average molecular weight is 507 g/mol. The topological polar surface area (TPSA) is 75.7 Å². The molecule has 6 nitrogen and oxygen atoms in total. The van der Waals surface area contributed by atoms with E-state index in [9.17, 15) is 14.4 Å². The lowest BCUT2D eigenvalue weighted by atomic mass is 10.1. The monoisotopic (exact) mass is 506 g/mol. The normalized spacial score (nSPS) is 14.5. The highest BCUT2D eigenvalue weighted by Gasteiger charge is 2.36. The first-order valence-corrected chi connectivity index (χ1v) is 12.1. The minimum Gasteiger partial charge on any atom is -0.488 e. The fourth-order valence-electron chi connectivity index (χ4n) is 3.44. The number of anilines is 1. The maximum atomic E-state index is 12.9. The first kappa shape index (κ1) is 24.6. The SMILES string of the molecule is Cc1ccc(NC(=O)CN2C(=O)S/C(=C/c3ccccc3OCc3ccccc3Cl)C2=O)cc1C. The number of hydrogen-bond donors (Lipinski definition) is 1. The number of nitrogens with zero attached hydrogens (tertiary/aromatic N) is 1. The zero-order chi connectivity index (χ0) is 24.9. The number of aryl methyl sites for hydroxylation is 2. The lowest BCUT2D eigenvalue weighted by molar-refractivity contribution is -0.127. The molecule has 1 heterocycles. The Morgan fingerprint density at radius 2 is 1.77 bits per heavy atom. The molecule has 3 amide bonds. The number of hydrogen-bond acceptors (Lipinski definition) is 5. The van der Waals surface area contributed by atoms with Gasteiger partial charge < -0.3 is 10.1 Å². The van der Waals surface area contributed by atoms with E-state index < -0.39 is 17.1 Å². The van der Waals surface area contributed by atoms with Gasteiger partial charge >= 0.3 is 0 Å². The van der Waals surface area contributed by atoms with Crippen molar-refractivity contribution in [3.05, 3.63) is 98.9 Å². The number of carbonyl (C=O) groups excluding carboxylic acids is 3. The van der Waals surface area contributed by atoms with Crippen LogP contribution in [-0.2, 0) is 16.2 Å². The second-order valence-electron chi connectivity index (χ2n) is 8.03. The summed E-state index contributed by atoms with van der Waals surface area (Å²) in [7, 11) is 0. The van der Waals surface area contributed by atoms with Gasteiger partial charge in [0.05, 0.1) is 4.91 Å². The highest BCUT2D eigenvalue weighted by Crippen LogP contribution is 2.34. The number of nitrogens with one attached hydrogen (secondary N) is 1. The first-order chi connectivity index (χ1) is 16.8. The van der Waals surface area contributed by atoms with Crippen LogP contribution in [0.25, 0.3) is 6.08 Å². The number of benzene rings is 3. The van der Waals surface area contributed by atoms with Gasteiger partial charge in [0, 0.05) is 21.8 Å². The molecule has 0 unspecified atom stereocenters. The minimum atomic E-state index is -0.517. The molecular weight excluding hydrogens is 484 g/mol. The number of para-hydroxylation sites is 1. The second-order valence-corrected chi connectivity index (χ2v) is 9.43. The van der Waals surface area contributed by atoms with Crippen LogP contribution in [0, 0.1) is 13.8 Å². The Hall–Kier alpha value is -3.55. The van der Waals surface area contributed by atoms with Crippen molar-refractivity contribution >= 4 is 52.2 Å². The molecule has 0 bridgehead atoms. The molecular formula is C27H23ClN2O4S. The van der Waals surface area contributed by atoms with Gasteiger partial charge in [0.25, 0.3) is 11.1 Å². The lowest BCUT2D eigenvalue weighted by Gasteiger charge is -2.13. The molecule has 1 saturated heterocycles. The molecule has 1 fully saturated rings. The fraction of sp³-hybridized carbons (Fsp3) is 0.148. The Kier molecular flexibility index (Phi) is 7.58. The second kappa shape index (κ2) is 10.8. The van der Waals surface area contributed by atoms with Crippen LogP contribution in [-0.4, -0.2) is 28.5 Å². The Morgan fingerprint density at radius 3 is 2.54 bits per heavy atom. The van der Waals surface area contributed by atoms with E-state index in [2.05, 4.69) is 5.32 Å². The van der Waals surface area contributed by atoms with Gasteiger partial charge in [0.2, 0.25) is 5.91 Å². The summed E-state index contributed by atoms with van der Waals surface area (Å²) >= 11 is 7.01. The summed E-state index contributed by atoms with van der Waals surface area (Å²) in [4.78, 5) is 39.1. The zero-order valence-electron chi connectivity index (χ0n) is 19.2. The van der Waals surface area contributed by atoms with Crippen LogP contribution in [0.2, 0.25) is 5.02 Å². The van der Waals surface area contributed by atoms with Crippen molar-refractivity contribution in [2.45, 2.75) is 20.5 Å². The number of halogens is 1. The molecule has 0 saturated carbocycles. The van der Waals surface area contributed by atoms with E-state index in [0.29, 0.717) is 22.0 Å². The number of carbonyl (C=O) groups is 3. The third kappa shape index (κ3) is 5.93. The van der Waals surface area contributed by atoms with E-state index >= 15 is 0 Å². The van der Waals surface area contributed by atoms with Crippen molar-refractivity contribution < 1.29 is 19.1 Å². The number of ether oxygens (including phenoxy) is 1. The van der Waals surface area contributed by atoms with E-state index in [0.717, 1.165) is 33.4 Å². The molecule has 178 valence electrons. The number of amides is 3. The van der Waals surface area contributed by atoms with Gasteiger partial charge in [-0.3, -0.25) is 19.3 Å². The van der Waals surface area contributed by atoms with E-state index in [1.165, 1.54) is 0 Å². The summed E-state index contributed by atoms with van der Waals surface area (Å²) in [5, 5.41) is 2.85. The summed E-state index contributed by atoms with van der Waals surface area (Å²) in [5.74, 6) is -0.414. The largest absolute Gasteiger partial charge is 0.488 e. The summed E-state index contributed by atoms with van der Waals surface area (Å²) in [6, 6.07) is 20.1. The van der Waals surface area contributed by atoms with Gasteiger partial charge in [-0.15, -0.1) is 0 Å². The Labute approximate surface area is 212 Å². The van der Waals surface area contributed by atoms with Crippen LogP contribution >= 0.6 is 23.4 Å². The average Bonchev–Trinajstić information content (AvgIpc) is 3.09. The molecule has 4 rings (SSSR count). The van der Waals surface area contributed by atoms with Crippen LogP contribution < -0.4 is 10.1 Å². The molecule has 1 aliphatic heterocycles. The Morgan fingerprint density at radius 1 is 1.03 bits per heavy atom. The van der Waals surface area contributed by atoms with Gasteiger partial charge in [-0.1, -0.05) is 54.1 Å². The van der Waals surface area contributed by atoms with E-state index in [1.807, 2.05) is 56.3 Å². The maximum absolute atomic E-state index is 12.9. The molecule has 1 N–H and O–H groups in total. The minimum absolute atomic E-state index is 0.225. The summed E-state index contributed by atoms with van der Waals surface area (Å²) < 4.78 is 5.94. The van der Waals surface area contributed by atoms with Gasteiger partial charge in [0.1, 0.15) is 18.9 Å². The molecule has 0 spiro atoms. The van der Waals surface area contributed by atoms with Crippen LogP contribution in [0.5, 0.6) is 5.75 Å². The van der Waals surface area contributed by atoms with Crippen LogP contribution in [0.1, 0.15) is 22.3 Å². The standard InChI is InChI=1S/C27H23ClN2O4S/c1-17-11-12-21(13-18(17)2)29-25(31)15-30-26(32)24(35-27(30)33)14-19-7-4-6-10-23(19)34-16-20-8-3-5-9-22(20)28/h3-14H,15-16H2,1-2H3,(H,29,31)/b24-14+. The van der Waals surface area contributed by atoms with Gasteiger partial charge in [0.15, 0.2) is 0 Å². The molecule has 35 heavy (non-hydrogen) atoms. The molecule has 0 radical (unpaired) electrons. The number of rotatable bonds is 7. The summed E-state index contributed by atoms with van der Waals surface area (Å²) in [6.07, 6.45) is 1.61. The Balaban J connectivity index is 1.45. The van der Waals surface area contributed by atoms with Crippen molar-refractivity contribution in [2.75, 3.05) is 11.9 Å². The van der Waals surface area contributed by atoms with Crippen LogP contribution in [0.3, 0.4) is 0 Å². The van der Waals surface area contributed by atoms with Gasteiger partial charge in [-0.05, 0) is 67.1 Å². The Bertz CT molecular complexity index is 1340. The van der Waals surface area contributed by atoms with E-state index in [4.69, 9.17) is 16.3 Å². The van der Waals surface area contributed by atoms with Crippen LogP contribution in [0.15, 0.2) is 71.6 Å². The van der Waals surface area contributed by atoms with E-state index in [-0.39, 0.29) is 18.1 Å². The van der Waals surface area contributed by atoms with Gasteiger partial charge in [-0.2, -0.15) is 0 Å². The summed E-state index contributed by atoms with van der Waals surface area (Å²) in [6.45, 7) is 3.82. The molecule has 3 aromatic carbocycles. The lowest BCUT2D eigenvalue weighted by Crippen LogP contribution is -2.36. The molecule has 0 aliphatic carbocycles. The van der Waals surface area contributed by atoms with Crippen molar-refractivity contribution in [1.82, 2.24) is 4.90 Å². The molecule has 0 aromatic heterocycles. The molecule has 1 aliphatic rings. The van der Waals surface area contributed by atoms with Crippen molar-refractivity contribution in [2.24, 2.45) is 0 Å². The zero-order valence-corrected chi connectivity index (χ0v) is 20.8. The smallest absolute Gasteiger partial charge is 0.294 e.